The molecule has 1 amide bonds. The van der Waals surface area contributed by atoms with Crippen LogP contribution in [0.1, 0.15) is 12.5 Å². The number of aromatic amines is 1. The zero-order chi connectivity index (χ0) is 27.6. The van der Waals surface area contributed by atoms with Crippen LogP contribution in [0.15, 0.2) is 83.1 Å². The van der Waals surface area contributed by atoms with Crippen LogP contribution in [-0.4, -0.2) is 52.4 Å². The molecule has 10 nitrogen and oxygen atoms in total. The molecule has 4 aromatic rings. The number of carbonyl (C=O) groups excluding carboxylic acids is 1. The average molecular weight is 567 g/mol. The van der Waals surface area contributed by atoms with Crippen molar-refractivity contribution in [2.24, 2.45) is 5.10 Å². The molecule has 1 aromatic heterocycles. The van der Waals surface area contributed by atoms with Crippen LogP contribution in [0.2, 0.25) is 5.02 Å². The standard InChI is InChI=1S/C27H24ClN5O5S/c1-2-37-22-13-11-21(12-14-22)33-26(18-7-9-20(28)10-8-18)31-32-27(33)39-17-24(34)30-29-15-19-5-3-4-6-23(19)38-16-25(35)36/h3-15H,2,16-17H2,1H3,(H2,30,34,35,36)/p+1. The number of thioether (sulfide) groups is 1. The molecule has 0 aliphatic rings. The van der Waals surface area contributed by atoms with Crippen LogP contribution < -0.4 is 19.5 Å². The highest BCUT2D eigenvalue weighted by atomic mass is 35.5. The van der Waals surface area contributed by atoms with Crippen LogP contribution in [0.3, 0.4) is 0 Å². The van der Waals surface area contributed by atoms with Gasteiger partial charge in [0.15, 0.2) is 6.61 Å². The average Bonchev–Trinajstić information content (AvgIpc) is 3.36. The summed E-state index contributed by atoms with van der Waals surface area (Å²) in [7, 11) is 0. The molecule has 0 bridgehead atoms. The number of amides is 1. The van der Waals surface area contributed by atoms with Crippen LogP contribution in [-0.2, 0) is 9.59 Å². The second-order valence-corrected chi connectivity index (χ2v) is 9.31. The van der Waals surface area contributed by atoms with E-state index in [9.17, 15) is 9.59 Å². The highest BCUT2D eigenvalue weighted by molar-refractivity contribution is 7.99. The van der Waals surface area contributed by atoms with E-state index in [0.717, 1.165) is 22.8 Å². The van der Waals surface area contributed by atoms with Gasteiger partial charge in [-0.1, -0.05) is 23.7 Å². The van der Waals surface area contributed by atoms with E-state index in [1.807, 2.05) is 47.9 Å². The number of halogens is 1. The minimum Gasteiger partial charge on any atom is -0.494 e. The van der Waals surface area contributed by atoms with E-state index in [0.29, 0.717) is 28.1 Å². The molecular weight excluding hydrogens is 542 g/mol. The number of aliphatic carboxylic acids is 1. The Bertz CT molecular complexity index is 1460. The van der Waals surface area contributed by atoms with Crippen LogP contribution >= 0.6 is 23.4 Å². The number of hydrogen-bond donors (Lipinski definition) is 3. The van der Waals surface area contributed by atoms with Gasteiger partial charge in [-0.25, -0.2) is 10.2 Å². The lowest BCUT2D eigenvalue weighted by molar-refractivity contribution is -0.625. The summed E-state index contributed by atoms with van der Waals surface area (Å²) in [5.41, 5.74) is 4.70. The van der Waals surface area contributed by atoms with E-state index in [2.05, 4.69) is 20.7 Å². The summed E-state index contributed by atoms with van der Waals surface area (Å²) in [5, 5.41) is 21.5. The Labute approximate surface area is 233 Å². The maximum atomic E-state index is 12.6. The number of H-pyrrole nitrogens is 1. The van der Waals surface area contributed by atoms with Crippen molar-refractivity contribution in [3.8, 4) is 28.6 Å². The third kappa shape index (κ3) is 7.59. The Morgan fingerprint density at radius 3 is 2.56 bits per heavy atom. The molecule has 0 aliphatic heterocycles. The Balaban J connectivity index is 1.48. The smallest absolute Gasteiger partial charge is 0.342 e. The summed E-state index contributed by atoms with van der Waals surface area (Å²) < 4.78 is 12.7. The Hall–Kier alpha value is -4.35. The minimum absolute atomic E-state index is 0.0381. The van der Waals surface area contributed by atoms with Gasteiger partial charge in [0, 0.05) is 10.6 Å². The van der Waals surface area contributed by atoms with Gasteiger partial charge < -0.3 is 14.6 Å². The van der Waals surface area contributed by atoms with Gasteiger partial charge in [0.1, 0.15) is 17.2 Å². The molecule has 0 spiro atoms. The molecule has 4 rings (SSSR count). The molecule has 0 aliphatic carbocycles. The fraction of sp³-hybridized carbons (Fsp3) is 0.148. The van der Waals surface area contributed by atoms with Gasteiger partial charge in [0.05, 0.1) is 29.2 Å². The zero-order valence-electron chi connectivity index (χ0n) is 20.8. The van der Waals surface area contributed by atoms with E-state index in [1.54, 1.807) is 36.4 Å². The van der Waals surface area contributed by atoms with Crippen molar-refractivity contribution < 1.29 is 28.7 Å². The summed E-state index contributed by atoms with van der Waals surface area (Å²) in [6.45, 7) is 2.00. The predicted molar refractivity (Wildman–Crippen MR) is 148 cm³/mol. The lowest BCUT2D eigenvalue weighted by Crippen LogP contribution is -2.34. The van der Waals surface area contributed by atoms with Gasteiger partial charge in [-0.05, 0) is 79.3 Å². The molecule has 200 valence electrons. The van der Waals surface area contributed by atoms with Crippen molar-refractivity contribution in [2.75, 3.05) is 19.0 Å². The maximum absolute atomic E-state index is 12.6. The number of nitrogens with one attached hydrogen (secondary N) is 2. The summed E-state index contributed by atoms with van der Waals surface area (Å²) in [4.78, 5) is 23.3. The number of carbonyl (C=O) groups is 2. The van der Waals surface area contributed by atoms with E-state index < -0.39 is 12.6 Å². The molecule has 39 heavy (non-hydrogen) atoms. The van der Waals surface area contributed by atoms with Gasteiger partial charge in [-0.3, -0.25) is 4.79 Å². The SMILES string of the molecule is CCOc1ccc(-[n+]2c(SCC(=O)NN=Cc3ccccc3OCC(=O)O)n[nH]c2-c2ccc(Cl)cc2)cc1. The first kappa shape index (κ1) is 27.7. The fourth-order valence-electron chi connectivity index (χ4n) is 3.49. The molecule has 1 heterocycles. The van der Waals surface area contributed by atoms with Crippen LogP contribution in [0.4, 0.5) is 0 Å². The molecule has 3 N–H and O–H groups in total. The van der Waals surface area contributed by atoms with Crippen molar-refractivity contribution in [3.05, 3.63) is 83.4 Å². The van der Waals surface area contributed by atoms with E-state index in [4.69, 9.17) is 26.2 Å². The quantitative estimate of drug-likeness (QED) is 0.102. The molecule has 0 unspecified atom stereocenters. The van der Waals surface area contributed by atoms with Gasteiger partial charge >= 0.3 is 11.1 Å². The third-order valence-electron chi connectivity index (χ3n) is 5.19. The number of hydrogen-bond acceptors (Lipinski definition) is 7. The van der Waals surface area contributed by atoms with Gasteiger partial charge in [0.25, 0.3) is 11.7 Å². The number of hydrazone groups is 1. The van der Waals surface area contributed by atoms with E-state index in [-0.39, 0.29) is 11.7 Å². The number of carboxylic acid groups (broad SMARTS) is 1. The van der Waals surface area contributed by atoms with E-state index in [1.165, 1.54) is 18.0 Å². The number of rotatable bonds is 12. The molecule has 0 atom stereocenters. The van der Waals surface area contributed by atoms with Crippen LogP contribution in [0.5, 0.6) is 11.5 Å². The zero-order valence-corrected chi connectivity index (χ0v) is 22.4. The topological polar surface area (TPSA) is 130 Å². The normalized spacial score (nSPS) is 10.9. The van der Waals surface area contributed by atoms with E-state index >= 15 is 0 Å². The van der Waals surface area contributed by atoms with Crippen molar-refractivity contribution >= 4 is 41.5 Å². The summed E-state index contributed by atoms with van der Waals surface area (Å²) in [6, 6.07) is 21.7. The number of nitrogens with zero attached hydrogens (tertiary/aromatic N) is 3. The summed E-state index contributed by atoms with van der Waals surface area (Å²) in [5.74, 6) is 0.405. The predicted octanol–water partition coefficient (Wildman–Crippen LogP) is 4.11. The molecular formula is C27H25ClN5O5S+. The largest absolute Gasteiger partial charge is 0.494 e. The number of ether oxygens (including phenoxy) is 2. The van der Waals surface area contributed by atoms with Gasteiger partial charge in [0.2, 0.25) is 0 Å². The van der Waals surface area contributed by atoms with Crippen LogP contribution in [0.25, 0.3) is 17.1 Å². The first-order valence-corrected chi connectivity index (χ1v) is 13.2. The van der Waals surface area contributed by atoms with Gasteiger partial charge in [-0.15, -0.1) is 5.10 Å². The minimum atomic E-state index is -1.09. The Kier molecular flexibility index (Phi) is 9.54. The lowest BCUT2D eigenvalue weighted by atomic mass is 10.2. The highest BCUT2D eigenvalue weighted by Gasteiger charge is 2.24. The van der Waals surface area contributed by atoms with Gasteiger partial charge in [-0.2, -0.15) is 9.67 Å². The lowest BCUT2D eigenvalue weighted by Gasteiger charge is -2.07. The second-order valence-electron chi connectivity index (χ2n) is 7.93. The van der Waals surface area contributed by atoms with Crippen molar-refractivity contribution in [2.45, 2.75) is 12.1 Å². The Morgan fingerprint density at radius 2 is 1.85 bits per heavy atom. The third-order valence-corrected chi connectivity index (χ3v) is 6.38. The van der Waals surface area contributed by atoms with Crippen molar-refractivity contribution in [1.29, 1.82) is 0 Å². The molecule has 0 saturated carbocycles. The first-order chi connectivity index (χ1) is 18.9. The monoisotopic (exact) mass is 566 g/mol. The highest BCUT2D eigenvalue weighted by Crippen LogP contribution is 2.23. The van der Waals surface area contributed by atoms with Crippen molar-refractivity contribution in [3.63, 3.8) is 0 Å². The molecule has 0 saturated heterocycles. The fourth-order valence-corrected chi connectivity index (χ4v) is 4.37. The first-order valence-electron chi connectivity index (χ1n) is 11.8. The number of para-hydroxylation sites is 1. The van der Waals surface area contributed by atoms with Crippen LogP contribution in [0, 0.1) is 0 Å². The molecule has 0 fully saturated rings. The summed E-state index contributed by atoms with van der Waals surface area (Å²) in [6.07, 6.45) is 1.40. The number of benzene rings is 3. The summed E-state index contributed by atoms with van der Waals surface area (Å²) >= 11 is 7.30. The molecule has 3 aromatic carbocycles. The Morgan fingerprint density at radius 1 is 1.10 bits per heavy atom. The number of aromatic nitrogens is 3. The molecule has 0 radical (unpaired) electrons. The second kappa shape index (κ2) is 13.4. The maximum Gasteiger partial charge on any atom is 0.342 e. The van der Waals surface area contributed by atoms with Crippen molar-refractivity contribution in [1.82, 2.24) is 15.6 Å². The molecule has 12 heteroatoms. The number of carboxylic acids is 1.